The van der Waals surface area contributed by atoms with Crippen molar-refractivity contribution in [3.05, 3.63) is 59.9 Å². The number of rotatable bonds is 4. The van der Waals surface area contributed by atoms with Crippen molar-refractivity contribution in [3.63, 3.8) is 0 Å². The summed E-state index contributed by atoms with van der Waals surface area (Å²) < 4.78 is 6.22. The van der Waals surface area contributed by atoms with Gasteiger partial charge in [-0.1, -0.05) is 24.3 Å². The quantitative estimate of drug-likeness (QED) is 0.852. The SMILES string of the molecule is C[C@@]12C[C@@H](c3ccccc3O1)[C@H](C(N)=O)C(=O)N2CCc1ccccn1. The fraction of sp³-hybridized carbons (Fsp3) is 0.350. The Morgan fingerprint density at radius 1 is 1.31 bits per heavy atom. The molecular weight excluding hydrogens is 330 g/mol. The predicted molar refractivity (Wildman–Crippen MR) is 95.2 cm³/mol. The molecule has 2 aliphatic heterocycles. The number of fused-ring (bicyclic) bond motifs is 4. The van der Waals surface area contributed by atoms with E-state index in [0.717, 1.165) is 11.3 Å². The van der Waals surface area contributed by atoms with Gasteiger partial charge in [0.05, 0.1) is 0 Å². The lowest BCUT2D eigenvalue weighted by atomic mass is 9.73. The van der Waals surface area contributed by atoms with Crippen LogP contribution < -0.4 is 10.5 Å². The zero-order valence-electron chi connectivity index (χ0n) is 14.6. The first-order valence-electron chi connectivity index (χ1n) is 8.78. The minimum atomic E-state index is -0.864. The van der Waals surface area contributed by atoms with Crippen LogP contribution in [0.2, 0.25) is 0 Å². The molecule has 2 aromatic rings. The second kappa shape index (κ2) is 6.12. The van der Waals surface area contributed by atoms with Gasteiger partial charge in [-0.05, 0) is 30.7 Å². The Bertz CT molecular complexity index is 854. The van der Waals surface area contributed by atoms with E-state index >= 15 is 0 Å². The van der Waals surface area contributed by atoms with Gasteiger partial charge in [-0.15, -0.1) is 0 Å². The third-order valence-corrected chi connectivity index (χ3v) is 5.38. The Morgan fingerprint density at radius 2 is 2.08 bits per heavy atom. The number of hydrogen-bond donors (Lipinski definition) is 1. The van der Waals surface area contributed by atoms with Gasteiger partial charge in [-0.2, -0.15) is 0 Å². The molecular formula is C20H21N3O3. The lowest BCUT2D eigenvalue weighted by molar-refractivity contribution is -0.175. The summed E-state index contributed by atoms with van der Waals surface area (Å²) in [4.78, 5) is 31.2. The highest BCUT2D eigenvalue weighted by Crippen LogP contribution is 2.49. The summed E-state index contributed by atoms with van der Waals surface area (Å²) in [5, 5.41) is 0. The van der Waals surface area contributed by atoms with E-state index in [0.29, 0.717) is 25.1 Å². The average Bonchev–Trinajstić information content (AvgIpc) is 2.61. The molecule has 0 saturated carbocycles. The number of carbonyl (C=O) groups is 2. The molecule has 1 fully saturated rings. The van der Waals surface area contributed by atoms with Crippen LogP contribution in [0, 0.1) is 5.92 Å². The van der Waals surface area contributed by atoms with Gasteiger partial charge in [-0.25, -0.2) is 0 Å². The maximum absolute atomic E-state index is 13.1. The number of para-hydroxylation sites is 1. The van der Waals surface area contributed by atoms with Crippen LogP contribution in [0.3, 0.4) is 0 Å². The topological polar surface area (TPSA) is 85.5 Å². The minimum absolute atomic E-state index is 0.249. The van der Waals surface area contributed by atoms with Crippen molar-refractivity contribution in [2.24, 2.45) is 11.7 Å². The summed E-state index contributed by atoms with van der Waals surface area (Å²) >= 11 is 0. The molecule has 6 nitrogen and oxygen atoms in total. The van der Waals surface area contributed by atoms with E-state index in [-0.39, 0.29) is 11.8 Å². The van der Waals surface area contributed by atoms with Crippen molar-refractivity contribution in [2.45, 2.75) is 31.4 Å². The van der Waals surface area contributed by atoms with Crippen molar-refractivity contribution < 1.29 is 14.3 Å². The number of benzene rings is 1. The Labute approximate surface area is 152 Å². The molecule has 0 aliphatic carbocycles. The van der Waals surface area contributed by atoms with E-state index in [9.17, 15) is 9.59 Å². The Morgan fingerprint density at radius 3 is 2.81 bits per heavy atom. The fourth-order valence-electron chi connectivity index (χ4n) is 4.15. The van der Waals surface area contributed by atoms with Crippen molar-refractivity contribution in [1.29, 1.82) is 0 Å². The summed E-state index contributed by atoms with van der Waals surface area (Å²) in [5.74, 6) is -1.24. The van der Waals surface area contributed by atoms with Crippen LogP contribution in [-0.2, 0) is 16.0 Å². The van der Waals surface area contributed by atoms with E-state index < -0.39 is 17.6 Å². The van der Waals surface area contributed by atoms with Gasteiger partial charge in [0.2, 0.25) is 11.8 Å². The summed E-state index contributed by atoms with van der Waals surface area (Å²) in [6.45, 7) is 2.33. The molecule has 134 valence electrons. The number of carbonyl (C=O) groups excluding carboxylic acids is 2. The highest BCUT2D eigenvalue weighted by Gasteiger charge is 2.55. The molecule has 2 aliphatic rings. The van der Waals surface area contributed by atoms with Crippen molar-refractivity contribution in [1.82, 2.24) is 9.88 Å². The van der Waals surface area contributed by atoms with E-state index in [2.05, 4.69) is 4.98 Å². The smallest absolute Gasteiger partial charge is 0.238 e. The normalized spacial score (nSPS) is 26.8. The number of nitrogens with zero attached hydrogens (tertiary/aromatic N) is 2. The first kappa shape index (κ1) is 16.6. The number of primary amides is 1. The largest absolute Gasteiger partial charge is 0.468 e. The number of pyridine rings is 1. The highest BCUT2D eigenvalue weighted by atomic mass is 16.5. The van der Waals surface area contributed by atoms with E-state index in [4.69, 9.17) is 10.5 Å². The van der Waals surface area contributed by atoms with Crippen molar-refractivity contribution >= 4 is 11.8 Å². The molecule has 6 heteroatoms. The van der Waals surface area contributed by atoms with E-state index in [1.807, 2.05) is 49.4 Å². The number of nitrogens with two attached hydrogens (primary N) is 1. The number of piperidine rings is 1. The van der Waals surface area contributed by atoms with Crippen LogP contribution >= 0.6 is 0 Å². The van der Waals surface area contributed by atoms with Gasteiger partial charge in [0.25, 0.3) is 0 Å². The molecule has 0 unspecified atom stereocenters. The lowest BCUT2D eigenvalue weighted by Gasteiger charge is -2.52. The molecule has 3 atom stereocenters. The van der Waals surface area contributed by atoms with Crippen LogP contribution in [0.1, 0.15) is 30.5 Å². The lowest BCUT2D eigenvalue weighted by Crippen LogP contribution is -2.64. The summed E-state index contributed by atoms with van der Waals surface area (Å²) in [5.41, 5.74) is 6.60. The minimum Gasteiger partial charge on any atom is -0.468 e. The van der Waals surface area contributed by atoms with Crippen molar-refractivity contribution in [2.75, 3.05) is 6.54 Å². The number of likely N-dealkylation sites (tertiary alicyclic amines) is 1. The van der Waals surface area contributed by atoms with Gasteiger partial charge < -0.3 is 15.4 Å². The zero-order chi connectivity index (χ0) is 18.3. The number of ether oxygens (including phenoxy) is 1. The third kappa shape index (κ3) is 2.62. The van der Waals surface area contributed by atoms with Crippen LogP contribution in [0.4, 0.5) is 0 Å². The molecule has 1 aromatic carbocycles. The highest BCUT2D eigenvalue weighted by molar-refractivity contribution is 6.01. The third-order valence-electron chi connectivity index (χ3n) is 5.38. The molecule has 2 N–H and O–H groups in total. The first-order chi connectivity index (χ1) is 12.5. The second-order valence-corrected chi connectivity index (χ2v) is 7.07. The van der Waals surface area contributed by atoms with Crippen LogP contribution in [0.15, 0.2) is 48.7 Å². The van der Waals surface area contributed by atoms with Crippen molar-refractivity contribution in [3.8, 4) is 5.75 Å². The molecule has 4 rings (SSSR count). The van der Waals surface area contributed by atoms with Gasteiger partial charge in [0, 0.05) is 37.2 Å². The first-order valence-corrected chi connectivity index (χ1v) is 8.78. The molecule has 3 heterocycles. The monoisotopic (exact) mass is 351 g/mol. The standard InChI is InChI=1S/C20H21N3O3/c1-20-12-15(14-7-2-3-8-16(14)26-20)17(18(21)24)19(25)23(20)11-9-13-6-4-5-10-22-13/h2-8,10,15,17H,9,11-12H2,1H3,(H2,21,24)/t15-,17+,20-/m0/s1. The molecule has 26 heavy (non-hydrogen) atoms. The van der Waals surface area contributed by atoms with Gasteiger partial charge in [0.1, 0.15) is 11.7 Å². The molecule has 2 amide bonds. The second-order valence-electron chi connectivity index (χ2n) is 7.07. The Kier molecular flexibility index (Phi) is 3.90. The molecule has 1 saturated heterocycles. The molecule has 0 radical (unpaired) electrons. The van der Waals surface area contributed by atoms with Gasteiger partial charge in [0.15, 0.2) is 5.72 Å². The maximum atomic E-state index is 13.1. The number of amides is 2. The number of aromatic nitrogens is 1. The number of hydrogen-bond acceptors (Lipinski definition) is 4. The Balaban J connectivity index is 1.69. The molecule has 1 aromatic heterocycles. The van der Waals surface area contributed by atoms with E-state index in [1.165, 1.54) is 0 Å². The fourth-order valence-corrected chi connectivity index (χ4v) is 4.15. The molecule has 2 bridgehead atoms. The summed E-state index contributed by atoms with van der Waals surface area (Å²) in [6.07, 6.45) is 2.86. The van der Waals surface area contributed by atoms with Crippen LogP contribution in [0.25, 0.3) is 0 Å². The van der Waals surface area contributed by atoms with Crippen LogP contribution in [0.5, 0.6) is 5.75 Å². The van der Waals surface area contributed by atoms with Gasteiger partial charge >= 0.3 is 0 Å². The van der Waals surface area contributed by atoms with E-state index in [1.54, 1.807) is 11.1 Å². The maximum Gasteiger partial charge on any atom is 0.238 e. The predicted octanol–water partition coefficient (Wildman–Crippen LogP) is 1.85. The van der Waals surface area contributed by atoms with Gasteiger partial charge in [-0.3, -0.25) is 14.6 Å². The average molecular weight is 351 g/mol. The summed E-state index contributed by atoms with van der Waals surface area (Å²) in [6, 6.07) is 13.3. The molecule has 0 spiro atoms. The summed E-state index contributed by atoms with van der Waals surface area (Å²) in [7, 11) is 0. The Hall–Kier alpha value is -2.89. The zero-order valence-corrected chi connectivity index (χ0v) is 14.6. The van der Waals surface area contributed by atoms with Crippen LogP contribution in [-0.4, -0.2) is 34.0 Å².